The Morgan fingerprint density at radius 1 is 1.69 bits per heavy atom. The average molecular weight is 228 g/mol. The first-order valence-electron chi connectivity index (χ1n) is 6.09. The van der Waals surface area contributed by atoms with E-state index < -0.39 is 11.5 Å². The number of likely N-dealkylation sites (tertiary alicyclic amines) is 1. The lowest BCUT2D eigenvalue weighted by atomic mass is 9.93. The average Bonchev–Trinajstić information content (AvgIpc) is 2.64. The SMILES string of the molecule is CNC(C)(CC(C)N1CCCC1C)C(=O)O. The Morgan fingerprint density at radius 3 is 2.69 bits per heavy atom. The molecule has 0 aromatic carbocycles. The highest BCUT2D eigenvalue weighted by Crippen LogP contribution is 2.24. The van der Waals surface area contributed by atoms with Crippen molar-refractivity contribution in [3.8, 4) is 0 Å². The zero-order valence-electron chi connectivity index (χ0n) is 10.8. The van der Waals surface area contributed by atoms with Crippen molar-refractivity contribution in [3.63, 3.8) is 0 Å². The summed E-state index contributed by atoms with van der Waals surface area (Å²) < 4.78 is 0. The molecule has 0 spiro atoms. The van der Waals surface area contributed by atoms with Crippen molar-refractivity contribution in [2.75, 3.05) is 13.6 Å². The van der Waals surface area contributed by atoms with Crippen molar-refractivity contribution < 1.29 is 9.90 Å². The summed E-state index contributed by atoms with van der Waals surface area (Å²) >= 11 is 0. The zero-order chi connectivity index (χ0) is 12.3. The Balaban J connectivity index is 2.61. The molecule has 16 heavy (non-hydrogen) atoms. The summed E-state index contributed by atoms with van der Waals surface area (Å²) in [5.41, 5.74) is -0.818. The predicted molar refractivity (Wildman–Crippen MR) is 64.6 cm³/mol. The molecule has 0 bridgehead atoms. The number of nitrogens with one attached hydrogen (secondary N) is 1. The molecule has 1 aliphatic rings. The van der Waals surface area contributed by atoms with Crippen LogP contribution >= 0.6 is 0 Å². The van der Waals surface area contributed by atoms with E-state index in [0.717, 1.165) is 6.54 Å². The van der Waals surface area contributed by atoms with Gasteiger partial charge in [0.1, 0.15) is 5.54 Å². The lowest BCUT2D eigenvalue weighted by Crippen LogP contribution is -2.52. The maximum atomic E-state index is 11.2. The normalized spacial score (nSPS) is 27.6. The lowest BCUT2D eigenvalue weighted by Gasteiger charge is -2.34. The fraction of sp³-hybridized carbons (Fsp3) is 0.917. The fourth-order valence-electron chi connectivity index (χ4n) is 2.61. The molecule has 0 aliphatic carbocycles. The second-order valence-corrected chi connectivity index (χ2v) is 5.17. The molecule has 0 aromatic heterocycles. The van der Waals surface area contributed by atoms with E-state index in [0.29, 0.717) is 18.5 Å². The van der Waals surface area contributed by atoms with Crippen LogP contribution in [0.4, 0.5) is 0 Å². The summed E-state index contributed by atoms with van der Waals surface area (Å²) in [6, 6.07) is 0.899. The number of rotatable bonds is 5. The van der Waals surface area contributed by atoms with E-state index in [9.17, 15) is 9.90 Å². The summed E-state index contributed by atoms with van der Waals surface area (Å²) in [5.74, 6) is -0.770. The number of nitrogens with zero attached hydrogens (tertiary/aromatic N) is 1. The van der Waals surface area contributed by atoms with E-state index in [4.69, 9.17) is 0 Å². The van der Waals surface area contributed by atoms with Gasteiger partial charge < -0.3 is 10.4 Å². The summed E-state index contributed by atoms with van der Waals surface area (Å²) in [6.45, 7) is 7.20. The van der Waals surface area contributed by atoms with Crippen LogP contribution in [-0.2, 0) is 4.79 Å². The van der Waals surface area contributed by atoms with Gasteiger partial charge in [-0.05, 0) is 53.6 Å². The topological polar surface area (TPSA) is 52.6 Å². The van der Waals surface area contributed by atoms with E-state index in [-0.39, 0.29) is 0 Å². The van der Waals surface area contributed by atoms with Gasteiger partial charge in [-0.1, -0.05) is 0 Å². The third-order valence-corrected chi connectivity index (χ3v) is 3.90. The smallest absolute Gasteiger partial charge is 0.323 e. The van der Waals surface area contributed by atoms with Gasteiger partial charge in [-0.15, -0.1) is 0 Å². The number of carbonyl (C=O) groups is 1. The number of carboxylic acids is 1. The predicted octanol–water partition coefficient (Wildman–Crippen LogP) is 1.31. The van der Waals surface area contributed by atoms with Gasteiger partial charge in [-0.3, -0.25) is 9.69 Å². The summed E-state index contributed by atoms with van der Waals surface area (Å²) in [7, 11) is 1.72. The molecule has 0 amide bonds. The second-order valence-electron chi connectivity index (χ2n) is 5.17. The molecule has 2 N–H and O–H groups in total. The number of carboxylic acid groups (broad SMARTS) is 1. The Morgan fingerprint density at radius 2 is 2.31 bits per heavy atom. The number of hydrogen-bond acceptors (Lipinski definition) is 3. The van der Waals surface area contributed by atoms with Gasteiger partial charge in [0.25, 0.3) is 0 Å². The van der Waals surface area contributed by atoms with Crippen LogP contribution in [0, 0.1) is 0 Å². The number of likely N-dealkylation sites (N-methyl/N-ethyl adjacent to an activating group) is 1. The van der Waals surface area contributed by atoms with Gasteiger partial charge >= 0.3 is 5.97 Å². The molecule has 0 radical (unpaired) electrons. The van der Waals surface area contributed by atoms with Crippen LogP contribution in [-0.4, -0.2) is 47.2 Å². The monoisotopic (exact) mass is 228 g/mol. The first-order chi connectivity index (χ1) is 7.40. The van der Waals surface area contributed by atoms with Crippen molar-refractivity contribution in [1.29, 1.82) is 0 Å². The fourth-order valence-corrected chi connectivity index (χ4v) is 2.61. The molecule has 1 heterocycles. The Labute approximate surface area is 98.0 Å². The van der Waals surface area contributed by atoms with Crippen molar-refractivity contribution in [2.24, 2.45) is 0 Å². The molecule has 1 saturated heterocycles. The van der Waals surface area contributed by atoms with Gasteiger partial charge in [-0.2, -0.15) is 0 Å². The third kappa shape index (κ3) is 2.74. The molecular weight excluding hydrogens is 204 g/mol. The highest BCUT2D eigenvalue weighted by molar-refractivity contribution is 5.78. The molecule has 94 valence electrons. The van der Waals surface area contributed by atoms with Gasteiger partial charge in [-0.25, -0.2) is 0 Å². The standard InChI is InChI=1S/C12H24N2O2/c1-9-6-5-7-14(9)10(2)8-12(3,13-4)11(15)16/h9-10,13H,5-8H2,1-4H3,(H,15,16). The minimum Gasteiger partial charge on any atom is -0.480 e. The quantitative estimate of drug-likeness (QED) is 0.745. The molecule has 1 fully saturated rings. The summed E-state index contributed by atoms with van der Waals surface area (Å²) in [5, 5.41) is 12.1. The molecule has 1 aliphatic heterocycles. The van der Waals surface area contributed by atoms with Crippen molar-refractivity contribution >= 4 is 5.97 Å². The molecule has 4 heteroatoms. The molecule has 0 aromatic rings. The van der Waals surface area contributed by atoms with Crippen LogP contribution < -0.4 is 5.32 Å². The van der Waals surface area contributed by atoms with E-state index >= 15 is 0 Å². The van der Waals surface area contributed by atoms with E-state index in [2.05, 4.69) is 24.1 Å². The minimum atomic E-state index is -0.818. The van der Waals surface area contributed by atoms with Crippen LogP contribution in [0.1, 0.15) is 40.0 Å². The second kappa shape index (κ2) is 5.15. The molecule has 0 saturated carbocycles. The molecule has 4 nitrogen and oxygen atoms in total. The minimum absolute atomic E-state index is 0.311. The number of hydrogen-bond donors (Lipinski definition) is 2. The Kier molecular flexibility index (Phi) is 4.33. The Hall–Kier alpha value is -0.610. The van der Waals surface area contributed by atoms with Crippen molar-refractivity contribution in [2.45, 2.75) is 57.7 Å². The van der Waals surface area contributed by atoms with E-state index in [1.165, 1.54) is 12.8 Å². The largest absolute Gasteiger partial charge is 0.480 e. The van der Waals surface area contributed by atoms with Crippen LogP contribution in [0.2, 0.25) is 0 Å². The molecule has 1 rings (SSSR count). The van der Waals surface area contributed by atoms with Crippen molar-refractivity contribution in [1.82, 2.24) is 10.2 Å². The summed E-state index contributed by atoms with van der Waals surface area (Å²) in [6.07, 6.45) is 3.10. The maximum Gasteiger partial charge on any atom is 0.323 e. The molecular formula is C12H24N2O2. The zero-order valence-corrected chi connectivity index (χ0v) is 10.8. The highest BCUT2D eigenvalue weighted by Gasteiger charge is 2.36. The lowest BCUT2D eigenvalue weighted by molar-refractivity contribution is -0.144. The van der Waals surface area contributed by atoms with Gasteiger partial charge in [0.05, 0.1) is 0 Å². The van der Waals surface area contributed by atoms with Crippen molar-refractivity contribution in [3.05, 3.63) is 0 Å². The molecule has 3 unspecified atom stereocenters. The third-order valence-electron chi connectivity index (χ3n) is 3.90. The van der Waals surface area contributed by atoms with Gasteiger partial charge in [0, 0.05) is 12.1 Å². The van der Waals surface area contributed by atoms with Crippen LogP contribution in [0.25, 0.3) is 0 Å². The number of aliphatic carboxylic acids is 1. The Bertz CT molecular complexity index is 257. The van der Waals surface area contributed by atoms with Crippen LogP contribution in [0.5, 0.6) is 0 Å². The first kappa shape index (κ1) is 13.5. The van der Waals surface area contributed by atoms with Gasteiger partial charge in [0.2, 0.25) is 0 Å². The molecule has 3 atom stereocenters. The van der Waals surface area contributed by atoms with Gasteiger partial charge in [0.15, 0.2) is 0 Å². The summed E-state index contributed by atoms with van der Waals surface area (Å²) in [4.78, 5) is 13.6. The van der Waals surface area contributed by atoms with E-state index in [1.807, 2.05) is 0 Å². The van der Waals surface area contributed by atoms with Crippen LogP contribution in [0.3, 0.4) is 0 Å². The van der Waals surface area contributed by atoms with Crippen LogP contribution in [0.15, 0.2) is 0 Å². The maximum absolute atomic E-state index is 11.2. The highest BCUT2D eigenvalue weighted by atomic mass is 16.4. The first-order valence-corrected chi connectivity index (χ1v) is 6.09. The van der Waals surface area contributed by atoms with E-state index in [1.54, 1.807) is 14.0 Å².